The second kappa shape index (κ2) is 3.28. The van der Waals surface area contributed by atoms with Crippen molar-refractivity contribution in [1.82, 2.24) is 0 Å². The van der Waals surface area contributed by atoms with Gasteiger partial charge in [0.2, 0.25) is 0 Å². The fraction of sp³-hybridized carbons (Fsp3) is 0.364. The predicted octanol–water partition coefficient (Wildman–Crippen LogP) is 2.11. The summed E-state index contributed by atoms with van der Waals surface area (Å²) in [5.41, 5.74) is 0.365. The van der Waals surface area contributed by atoms with Crippen LogP contribution >= 0.6 is 11.6 Å². The Bertz CT molecular complexity index is 350. The lowest BCUT2D eigenvalue weighted by molar-refractivity contribution is -0.143. The predicted molar refractivity (Wildman–Crippen MR) is 54.4 cm³/mol. The maximum atomic E-state index is 11.6. The number of hydrogen-bond donors (Lipinski definition) is 0. The Morgan fingerprint density at radius 2 is 2.07 bits per heavy atom. The number of hydrogen-bond acceptors (Lipinski definition) is 2. The molecule has 2 atom stereocenters. The summed E-state index contributed by atoms with van der Waals surface area (Å²) < 4.78 is 4.78. The largest absolute Gasteiger partial charge is 0.468 e. The molecule has 2 rings (SSSR count). The summed E-state index contributed by atoms with van der Waals surface area (Å²) in [6, 6.07) is 9.56. The topological polar surface area (TPSA) is 26.3 Å². The van der Waals surface area contributed by atoms with E-state index in [-0.39, 0.29) is 11.3 Å². The molecule has 0 bridgehead atoms. The van der Waals surface area contributed by atoms with Gasteiger partial charge < -0.3 is 4.74 Å². The van der Waals surface area contributed by atoms with Crippen LogP contribution in [0.4, 0.5) is 0 Å². The molecule has 0 saturated heterocycles. The van der Waals surface area contributed by atoms with Crippen molar-refractivity contribution in [2.24, 2.45) is 0 Å². The van der Waals surface area contributed by atoms with E-state index in [1.165, 1.54) is 7.11 Å². The zero-order valence-electron chi connectivity index (χ0n) is 7.87. The SMILES string of the molecule is COC(=O)[C@]1(c2ccccc2)C[C@@H]1Cl. The molecule has 0 aliphatic heterocycles. The summed E-state index contributed by atoms with van der Waals surface area (Å²) in [5.74, 6) is -0.233. The van der Waals surface area contributed by atoms with Gasteiger partial charge in [0.1, 0.15) is 5.41 Å². The Morgan fingerprint density at radius 3 is 2.50 bits per heavy atom. The molecule has 0 heterocycles. The first kappa shape index (κ1) is 9.53. The molecule has 0 N–H and O–H groups in total. The number of ether oxygens (including phenoxy) is 1. The molecular weight excluding hydrogens is 200 g/mol. The Hall–Kier alpha value is -1.02. The van der Waals surface area contributed by atoms with Gasteiger partial charge in [-0.05, 0) is 12.0 Å². The van der Waals surface area contributed by atoms with E-state index in [4.69, 9.17) is 16.3 Å². The molecule has 0 radical (unpaired) electrons. The minimum Gasteiger partial charge on any atom is -0.468 e. The van der Waals surface area contributed by atoms with Crippen molar-refractivity contribution >= 4 is 17.6 Å². The van der Waals surface area contributed by atoms with Crippen LogP contribution in [0.3, 0.4) is 0 Å². The fourth-order valence-corrected chi connectivity index (χ4v) is 2.23. The highest BCUT2D eigenvalue weighted by molar-refractivity contribution is 6.26. The Morgan fingerprint density at radius 1 is 1.50 bits per heavy atom. The van der Waals surface area contributed by atoms with E-state index in [2.05, 4.69) is 0 Å². The minimum atomic E-state index is -0.586. The van der Waals surface area contributed by atoms with Gasteiger partial charge in [-0.1, -0.05) is 30.3 Å². The quantitative estimate of drug-likeness (QED) is 0.552. The molecule has 0 aromatic heterocycles. The second-order valence-corrected chi connectivity index (χ2v) is 4.03. The van der Waals surface area contributed by atoms with Crippen LogP contribution in [0.15, 0.2) is 30.3 Å². The number of rotatable bonds is 2. The van der Waals surface area contributed by atoms with Crippen molar-refractivity contribution < 1.29 is 9.53 Å². The van der Waals surface area contributed by atoms with E-state index >= 15 is 0 Å². The highest BCUT2D eigenvalue weighted by Crippen LogP contribution is 2.52. The smallest absolute Gasteiger partial charge is 0.317 e. The number of carbonyl (C=O) groups is 1. The van der Waals surface area contributed by atoms with E-state index in [9.17, 15) is 4.79 Å². The first-order valence-corrected chi connectivity index (χ1v) is 4.93. The second-order valence-electron chi connectivity index (χ2n) is 3.50. The number of carbonyl (C=O) groups excluding carboxylic acids is 1. The molecule has 1 aromatic carbocycles. The van der Waals surface area contributed by atoms with Crippen LogP contribution in [0.2, 0.25) is 0 Å². The van der Waals surface area contributed by atoms with Gasteiger partial charge in [0.15, 0.2) is 0 Å². The standard InChI is InChI=1S/C11H11ClO2/c1-14-10(13)11(7-9(11)12)8-5-3-2-4-6-8/h2-6,9H,7H2,1H3/t9-,11-/m0/s1. The lowest BCUT2D eigenvalue weighted by Crippen LogP contribution is -2.24. The van der Waals surface area contributed by atoms with E-state index < -0.39 is 5.41 Å². The summed E-state index contributed by atoms with van der Waals surface area (Å²) >= 11 is 6.02. The van der Waals surface area contributed by atoms with Crippen LogP contribution in [-0.4, -0.2) is 18.5 Å². The molecule has 3 heteroatoms. The molecule has 0 unspecified atom stereocenters. The molecule has 0 spiro atoms. The van der Waals surface area contributed by atoms with Crippen molar-refractivity contribution in [2.45, 2.75) is 17.2 Å². The highest BCUT2D eigenvalue weighted by atomic mass is 35.5. The third kappa shape index (κ3) is 1.22. The van der Waals surface area contributed by atoms with Crippen LogP contribution in [0.25, 0.3) is 0 Å². The van der Waals surface area contributed by atoms with Gasteiger partial charge in [0.25, 0.3) is 0 Å². The molecule has 1 aromatic rings. The monoisotopic (exact) mass is 210 g/mol. The summed E-state index contributed by atoms with van der Waals surface area (Å²) in [5, 5.41) is -0.127. The van der Waals surface area contributed by atoms with E-state index in [0.29, 0.717) is 6.42 Å². The fourth-order valence-electron chi connectivity index (χ4n) is 1.77. The molecule has 1 saturated carbocycles. The van der Waals surface area contributed by atoms with Gasteiger partial charge in [-0.25, -0.2) is 0 Å². The van der Waals surface area contributed by atoms with Crippen LogP contribution in [-0.2, 0) is 14.9 Å². The van der Waals surface area contributed by atoms with Gasteiger partial charge in [0, 0.05) is 0 Å². The molecular formula is C11H11ClO2. The van der Waals surface area contributed by atoms with Crippen LogP contribution in [0, 0.1) is 0 Å². The summed E-state index contributed by atoms with van der Waals surface area (Å²) in [4.78, 5) is 11.6. The van der Waals surface area contributed by atoms with Gasteiger partial charge in [-0.2, -0.15) is 0 Å². The lowest BCUT2D eigenvalue weighted by Gasteiger charge is -2.12. The van der Waals surface area contributed by atoms with Crippen molar-refractivity contribution in [2.75, 3.05) is 7.11 Å². The summed E-state index contributed by atoms with van der Waals surface area (Å²) in [7, 11) is 1.40. The van der Waals surface area contributed by atoms with E-state index in [1.807, 2.05) is 30.3 Å². The zero-order chi connectivity index (χ0) is 10.2. The number of methoxy groups -OCH3 is 1. The Kier molecular flexibility index (Phi) is 2.23. The van der Waals surface area contributed by atoms with E-state index in [1.54, 1.807) is 0 Å². The van der Waals surface area contributed by atoms with Crippen molar-refractivity contribution in [1.29, 1.82) is 0 Å². The molecule has 14 heavy (non-hydrogen) atoms. The molecule has 1 aliphatic carbocycles. The Balaban J connectivity index is 2.36. The van der Waals surface area contributed by atoms with Gasteiger partial charge in [-0.3, -0.25) is 4.79 Å². The normalized spacial score (nSPS) is 29.7. The average molecular weight is 211 g/mol. The van der Waals surface area contributed by atoms with Crippen molar-refractivity contribution in [3.63, 3.8) is 0 Å². The maximum Gasteiger partial charge on any atom is 0.317 e. The van der Waals surface area contributed by atoms with Crippen LogP contribution in [0.1, 0.15) is 12.0 Å². The van der Waals surface area contributed by atoms with Crippen molar-refractivity contribution in [3.05, 3.63) is 35.9 Å². The molecule has 0 amide bonds. The van der Waals surface area contributed by atoms with Crippen molar-refractivity contribution in [3.8, 4) is 0 Å². The number of benzene rings is 1. The molecule has 74 valence electrons. The number of esters is 1. The van der Waals surface area contributed by atoms with Gasteiger partial charge in [0.05, 0.1) is 12.5 Å². The zero-order valence-corrected chi connectivity index (χ0v) is 8.62. The molecule has 2 nitrogen and oxygen atoms in total. The van der Waals surface area contributed by atoms with E-state index in [0.717, 1.165) is 5.56 Å². The third-order valence-electron chi connectivity index (χ3n) is 2.71. The van der Waals surface area contributed by atoms with Crippen LogP contribution < -0.4 is 0 Å². The highest BCUT2D eigenvalue weighted by Gasteiger charge is 2.61. The average Bonchev–Trinajstić information content (AvgIpc) is 2.92. The van der Waals surface area contributed by atoms with Gasteiger partial charge in [-0.15, -0.1) is 11.6 Å². The number of alkyl halides is 1. The maximum absolute atomic E-state index is 11.6. The minimum absolute atomic E-state index is 0.127. The summed E-state index contributed by atoms with van der Waals surface area (Å²) in [6.45, 7) is 0. The molecule has 1 aliphatic rings. The lowest BCUT2D eigenvalue weighted by atomic mass is 9.96. The van der Waals surface area contributed by atoms with Gasteiger partial charge >= 0.3 is 5.97 Å². The first-order valence-electron chi connectivity index (χ1n) is 4.50. The van der Waals surface area contributed by atoms with Crippen LogP contribution in [0.5, 0.6) is 0 Å². The number of halogens is 1. The summed E-state index contributed by atoms with van der Waals surface area (Å²) in [6.07, 6.45) is 0.672. The molecule has 1 fully saturated rings. The third-order valence-corrected chi connectivity index (χ3v) is 3.24. The first-order chi connectivity index (χ1) is 6.71. The Labute approximate surface area is 87.8 Å².